The van der Waals surface area contributed by atoms with E-state index in [9.17, 15) is 19.8 Å². The maximum absolute atomic E-state index is 13.3. The number of epoxide rings is 1. The molecule has 0 aliphatic carbocycles. The molecular weight excluding hydrogens is 466 g/mol. The third-order valence-corrected chi connectivity index (χ3v) is 8.58. The number of rotatable bonds is 2. The van der Waals surface area contributed by atoms with Crippen LogP contribution in [-0.2, 0) is 19.1 Å². The summed E-state index contributed by atoms with van der Waals surface area (Å²) in [6.45, 7) is 12.4. The molecule has 8 unspecified atom stereocenters. The zero-order chi connectivity index (χ0) is 26.1. The lowest BCUT2D eigenvalue weighted by Crippen LogP contribution is -2.49. The molecule has 0 bridgehead atoms. The molecule has 3 heterocycles. The van der Waals surface area contributed by atoms with Crippen molar-refractivity contribution < 1.29 is 29.3 Å². The van der Waals surface area contributed by atoms with Gasteiger partial charge in [-0.3, -0.25) is 9.59 Å². The van der Waals surface area contributed by atoms with E-state index in [4.69, 9.17) is 9.47 Å². The lowest BCUT2D eigenvalue weighted by molar-refractivity contribution is -0.162. The van der Waals surface area contributed by atoms with E-state index in [1.54, 1.807) is 39.0 Å². The van der Waals surface area contributed by atoms with Gasteiger partial charge in [-0.15, -0.1) is 11.3 Å². The first kappa shape index (κ1) is 28.0. The van der Waals surface area contributed by atoms with E-state index >= 15 is 0 Å². The Bertz CT molecular complexity index is 940. The minimum absolute atomic E-state index is 0.00127. The van der Waals surface area contributed by atoms with Crippen LogP contribution in [0.15, 0.2) is 11.0 Å². The Hall–Kier alpha value is -1.61. The highest BCUT2D eigenvalue weighted by Gasteiger charge is 2.46. The first-order valence-electron chi connectivity index (χ1n) is 12.7. The van der Waals surface area contributed by atoms with Crippen LogP contribution in [-0.4, -0.2) is 57.5 Å². The fraction of sp³-hybridized carbons (Fsp3) is 0.741. The van der Waals surface area contributed by atoms with Crippen LogP contribution in [0.2, 0.25) is 0 Å². The van der Waals surface area contributed by atoms with E-state index in [2.05, 4.69) is 4.98 Å². The average Bonchev–Trinajstić information content (AvgIpc) is 3.42. The Morgan fingerprint density at radius 1 is 1.14 bits per heavy atom. The molecule has 1 aromatic heterocycles. The second-order valence-electron chi connectivity index (χ2n) is 11.1. The van der Waals surface area contributed by atoms with E-state index < -0.39 is 41.5 Å². The van der Waals surface area contributed by atoms with Crippen LogP contribution in [0, 0.1) is 30.1 Å². The number of aliphatic hydroxyl groups is 2. The van der Waals surface area contributed by atoms with Crippen LogP contribution >= 0.6 is 11.3 Å². The number of esters is 1. The summed E-state index contributed by atoms with van der Waals surface area (Å²) >= 11 is 1.56. The lowest BCUT2D eigenvalue weighted by Gasteiger charge is -2.36. The first-order valence-corrected chi connectivity index (χ1v) is 13.6. The van der Waals surface area contributed by atoms with Gasteiger partial charge < -0.3 is 19.7 Å². The highest BCUT2D eigenvalue weighted by molar-refractivity contribution is 7.09. The van der Waals surface area contributed by atoms with Crippen molar-refractivity contribution in [3.63, 3.8) is 0 Å². The van der Waals surface area contributed by atoms with Crippen molar-refractivity contribution in [1.82, 2.24) is 4.98 Å². The SMILES string of the molecule is CC(=Cc1csc(C)n1)C1CC2OC2CCCC(C)C(O)C(C)C(=O)C(C)(C)C(O)C(C)C(=O)O1. The molecule has 0 radical (unpaired) electrons. The van der Waals surface area contributed by atoms with Crippen LogP contribution in [0.1, 0.15) is 77.9 Å². The van der Waals surface area contributed by atoms with Gasteiger partial charge in [-0.25, -0.2) is 4.98 Å². The Kier molecular flexibility index (Phi) is 8.95. The molecule has 2 aliphatic rings. The number of aryl methyl sites for hydroxylation is 1. The minimum atomic E-state index is -1.25. The number of nitrogens with zero attached hydrogens (tertiary/aromatic N) is 1. The van der Waals surface area contributed by atoms with Crippen molar-refractivity contribution in [2.24, 2.45) is 23.2 Å². The summed E-state index contributed by atoms with van der Waals surface area (Å²) in [7, 11) is 0. The molecule has 196 valence electrons. The molecule has 0 aromatic carbocycles. The topological polar surface area (TPSA) is 109 Å². The molecular formula is C27H41NO6S. The number of cyclic esters (lactones) is 1. The molecule has 0 saturated carbocycles. The molecule has 2 aliphatic heterocycles. The monoisotopic (exact) mass is 507 g/mol. The molecule has 35 heavy (non-hydrogen) atoms. The van der Waals surface area contributed by atoms with Gasteiger partial charge in [-0.1, -0.05) is 34.1 Å². The number of hydrogen-bond acceptors (Lipinski definition) is 8. The second-order valence-corrected chi connectivity index (χ2v) is 12.1. The molecule has 1 aromatic rings. The molecule has 2 N–H and O–H groups in total. The normalized spacial score (nSPS) is 37.5. The molecule has 7 nitrogen and oxygen atoms in total. The van der Waals surface area contributed by atoms with Crippen molar-refractivity contribution in [2.75, 3.05) is 0 Å². The van der Waals surface area contributed by atoms with E-state index in [0.29, 0.717) is 6.42 Å². The molecule has 0 spiro atoms. The van der Waals surface area contributed by atoms with Crippen LogP contribution in [0.4, 0.5) is 0 Å². The zero-order valence-corrected chi connectivity index (χ0v) is 22.8. The van der Waals surface area contributed by atoms with Crippen molar-refractivity contribution in [3.8, 4) is 0 Å². The van der Waals surface area contributed by atoms with Gasteiger partial charge in [0.15, 0.2) is 0 Å². The largest absolute Gasteiger partial charge is 0.457 e. The number of carbonyl (C=O) groups excluding carboxylic acids is 2. The van der Waals surface area contributed by atoms with E-state index in [-0.39, 0.29) is 23.9 Å². The maximum Gasteiger partial charge on any atom is 0.311 e. The summed E-state index contributed by atoms with van der Waals surface area (Å²) < 4.78 is 11.8. The lowest BCUT2D eigenvalue weighted by atomic mass is 9.71. The number of ether oxygens (including phenoxy) is 2. The number of aliphatic hydroxyl groups excluding tert-OH is 2. The van der Waals surface area contributed by atoms with Gasteiger partial charge in [0.25, 0.3) is 0 Å². The predicted octanol–water partition coefficient (Wildman–Crippen LogP) is 4.33. The summed E-state index contributed by atoms with van der Waals surface area (Å²) in [6, 6.07) is 0. The molecule has 8 heteroatoms. The van der Waals surface area contributed by atoms with Crippen LogP contribution < -0.4 is 0 Å². The summed E-state index contributed by atoms with van der Waals surface area (Å²) in [5.41, 5.74) is 0.461. The molecule has 8 atom stereocenters. The number of hydrogen-bond donors (Lipinski definition) is 2. The summed E-state index contributed by atoms with van der Waals surface area (Å²) in [6.07, 6.45) is 2.50. The highest BCUT2D eigenvalue weighted by Crippen LogP contribution is 2.37. The summed E-state index contributed by atoms with van der Waals surface area (Å²) in [5, 5.41) is 24.8. The van der Waals surface area contributed by atoms with Gasteiger partial charge in [-0.05, 0) is 51.2 Å². The van der Waals surface area contributed by atoms with Crippen molar-refractivity contribution in [3.05, 3.63) is 21.7 Å². The second kappa shape index (κ2) is 11.2. The van der Waals surface area contributed by atoms with Crippen molar-refractivity contribution >= 4 is 29.2 Å². The minimum Gasteiger partial charge on any atom is -0.457 e. The predicted molar refractivity (Wildman–Crippen MR) is 136 cm³/mol. The number of thiazole rings is 1. The molecule has 2 fully saturated rings. The maximum atomic E-state index is 13.3. The average molecular weight is 508 g/mol. The standard InChI is InChI=1S/C27H41NO6S/c1-14-9-8-10-20-22(33-20)12-21(15(2)11-19-13-35-18(5)28-19)34-26(32)17(4)25(31)27(6,7)24(30)16(3)23(14)29/h11,13-14,16-17,20-23,25,29,31H,8-10,12H2,1-7H3. The molecule has 0 amide bonds. The van der Waals surface area contributed by atoms with Gasteiger partial charge in [0.2, 0.25) is 0 Å². The Morgan fingerprint density at radius 2 is 1.83 bits per heavy atom. The Labute approximate surface area is 212 Å². The third-order valence-electron chi connectivity index (χ3n) is 7.79. The van der Waals surface area contributed by atoms with Gasteiger partial charge in [-0.2, -0.15) is 0 Å². The zero-order valence-electron chi connectivity index (χ0n) is 22.0. The van der Waals surface area contributed by atoms with Gasteiger partial charge >= 0.3 is 5.97 Å². The van der Waals surface area contributed by atoms with Crippen LogP contribution in [0.25, 0.3) is 6.08 Å². The third kappa shape index (κ3) is 6.59. The quantitative estimate of drug-likeness (QED) is 0.453. The number of fused-ring (bicyclic) bond motifs is 1. The smallest absolute Gasteiger partial charge is 0.311 e. The van der Waals surface area contributed by atoms with E-state index in [1.807, 2.05) is 32.2 Å². The van der Waals surface area contributed by atoms with Crippen LogP contribution in [0.3, 0.4) is 0 Å². The number of carbonyl (C=O) groups is 2. The van der Waals surface area contributed by atoms with E-state index in [0.717, 1.165) is 35.5 Å². The summed E-state index contributed by atoms with van der Waals surface area (Å²) in [5.74, 6) is -2.45. The van der Waals surface area contributed by atoms with E-state index in [1.165, 1.54) is 0 Å². The number of aromatic nitrogens is 1. The Balaban J connectivity index is 1.87. The van der Waals surface area contributed by atoms with Gasteiger partial charge in [0, 0.05) is 17.7 Å². The number of ketones is 1. The fourth-order valence-electron chi connectivity index (χ4n) is 5.14. The first-order chi connectivity index (χ1) is 16.3. The molecule has 2 saturated heterocycles. The van der Waals surface area contributed by atoms with Gasteiger partial charge in [0.05, 0.1) is 46.5 Å². The fourth-order valence-corrected chi connectivity index (χ4v) is 5.71. The van der Waals surface area contributed by atoms with Crippen LogP contribution in [0.5, 0.6) is 0 Å². The van der Waals surface area contributed by atoms with Crippen molar-refractivity contribution in [2.45, 2.75) is 105 Å². The summed E-state index contributed by atoms with van der Waals surface area (Å²) in [4.78, 5) is 31.0. The highest BCUT2D eigenvalue weighted by atomic mass is 32.1. The van der Waals surface area contributed by atoms with Gasteiger partial charge in [0.1, 0.15) is 11.9 Å². The van der Waals surface area contributed by atoms with Crippen molar-refractivity contribution in [1.29, 1.82) is 0 Å². The molecule has 3 rings (SSSR count). The Morgan fingerprint density at radius 3 is 2.46 bits per heavy atom. The number of Topliss-reactive ketones (excluding diaryl/α,β-unsaturated/α-hetero) is 1.